The summed E-state index contributed by atoms with van der Waals surface area (Å²) >= 11 is 11.9. The van der Waals surface area contributed by atoms with Crippen LogP contribution in [0.15, 0.2) is 18.2 Å². The second-order valence-electron chi connectivity index (χ2n) is 5.25. The molecule has 0 bridgehead atoms. The highest BCUT2D eigenvalue weighted by Crippen LogP contribution is 2.30. The maximum Gasteiger partial charge on any atom is 0.0595 e. The van der Waals surface area contributed by atoms with E-state index in [2.05, 4.69) is 20.8 Å². The Bertz CT molecular complexity index is 355. The first-order chi connectivity index (χ1) is 7.34. The summed E-state index contributed by atoms with van der Waals surface area (Å²) in [5.74, 6) is 0.449. The highest BCUT2D eigenvalue weighted by Gasteiger charge is 2.23. The van der Waals surface area contributed by atoms with E-state index in [0.29, 0.717) is 22.5 Å². The van der Waals surface area contributed by atoms with Gasteiger partial charge < -0.3 is 5.73 Å². The molecule has 0 aromatic heterocycles. The molecule has 1 aromatic rings. The summed E-state index contributed by atoms with van der Waals surface area (Å²) in [6.45, 7) is 7.32. The first-order valence-corrected chi connectivity index (χ1v) is 6.24. The van der Waals surface area contributed by atoms with E-state index in [1.807, 2.05) is 18.2 Å². The SMILES string of the molecule is CC(C)(C)C(CN)Cc1ccc(Cl)c(Cl)c1. The molecule has 0 amide bonds. The van der Waals surface area contributed by atoms with Crippen LogP contribution in [0.1, 0.15) is 26.3 Å². The summed E-state index contributed by atoms with van der Waals surface area (Å²) in [6.07, 6.45) is 0.941. The molecule has 1 aromatic carbocycles. The zero-order chi connectivity index (χ0) is 12.3. The third-order valence-electron chi connectivity index (χ3n) is 2.98. The average Bonchev–Trinajstić information content (AvgIpc) is 2.18. The Labute approximate surface area is 108 Å². The largest absolute Gasteiger partial charge is 0.330 e. The van der Waals surface area contributed by atoms with Crippen molar-refractivity contribution in [1.82, 2.24) is 0 Å². The van der Waals surface area contributed by atoms with Crippen molar-refractivity contribution in [3.8, 4) is 0 Å². The average molecular weight is 260 g/mol. The number of hydrogen-bond donors (Lipinski definition) is 1. The van der Waals surface area contributed by atoms with Gasteiger partial charge in [0.25, 0.3) is 0 Å². The molecule has 0 radical (unpaired) electrons. The summed E-state index contributed by atoms with van der Waals surface area (Å²) in [6, 6.07) is 5.79. The third kappa shape index (κ3) is 3.65. The summed E-state index contributed by atoms with van der Waals surface area (Å²) < 4.78 is 0. The van der Waals surface area contributed by atoms with Gasteiger partial charge in [0.15, 0.2) is 0 Å². The van der Waals surface area contributed by atoms with Crippen LogP contribution in [-0.2, 0) is 6.42 Å². The monoisotopic (exact) mass is 259 g/mol. The number of halogens is 2. The summed E-state index contributed by atoms with van der Waals surface area (Å²) in [4.78, 5) is 0. The maximum absolute atomic E-state index is 5.99. The van der Waals surface area contributed by atoms with Crippen molar-refractivity contribution in [2.45, 2.75) is 27.2 Å². The Morgan fingerprint density at radius 1 is 1.19 bits per heavy atom. The normalized spacial score (nSPS) is 13.9. The Hall–Kier alpha value is -0.240. The molecular formula is C13H19Cl2N. The minimum atomic E-state index is 0.209. The van der Waals surface area contributed by atoms with Crippen LogP contribution in [0.5, 0.6) is 0 Å². The first kappa shape index (κ1) is 13.8. The predicted molar refractivity (Wildman–Crippen MR) is 72.2 cm³/mol. The van der Waals surface area contributed by atoms with E-state index in [0.717, 1.165) is 6.42 Å². The van der Waals surface area contributed by atoms with Crippen LogP contribution >= 0.6 is 23.2 Å². The topological polar surface area (TPSA) is 26.0 Å². The van der Waals surface area contributed by atoms with Crippen molar-refractivity contribution < 1.29 is 0 Å². The second-order valence-corrected chi connectivity index (χ2v) is 6.07. The van der Waals surface area contributed by atoms with Gasteiger partial charge in [-0.3, -0.25) is 0 Å². The van der Waals surface area contributed by atoms with Crippen LogP contribution in [0.2, 0.25) is 10.0 Å². The number of rotatable bonds is 3. The lowest BCUT2D eigenvalue weighted by atomic mass is 9.77. The van der Waals surface area contributed by atoms with Gasteiger partial charge in [-0.2, -0.15) is 0 Å². The lowest BCUT2D eigenvalue weighted by Crippen LogP contribution is -2.29. The van der Waals surface area contributed by atoms with Crippen LogP contribution in [0.4, 0.5) is 0 Å². The molecule has 3 heteroatoms. The lowest BCUT2D eigenvalue weighted by Gasteiger charge is -2.29. The molecule has 1 atom stereocenters. The van der Waals surface area contributed by atoms with Crippen molar-refractivity contribution >= 4 is 23.2 Å². The van der Waals surface area contributed by atoms with Crippen molar-refractivity contribution in [3.05, 3.63) is 33.8 Å². The van der Waals surface area contributed by atoms with Crippen molar-refractivity contribution in [3.63, 3.8) is 0 Å². The molecule has 90 valence electrons. The molecule has 0 fully saturated rings. The van der Waals surface area contributed by atoms with E-state index >= 15 is 0 Å². The maximum atomic E-state index is 5.99. The van der Waals surface area contributed by atoms with E-state index in [-0.39, 0.29) is 5.41 Å². The standard InChI is InChI=1S/C13H19Cl2N/c1-13(2,3)10(8-16)6-9-4-5-11(14)12(15)7-9/h4-5,7,10H,6,8,16H2,1-3H3. The zero-order valence-corrected chi connectivity index (χ0v) is 11.6. The van der Waals surface area contributed by atoms with Gasteiger partial charge in [-0.1, -0.05) is 50.0 Å². The first-order valence-electron chi connectivity index (χ1n) is 5.48. The molecule has 0 aliphatic heterocycles. The van der Waals surface area contributed by atoms with E-state index in [9.17, 15) is 0 Å². The Morgan fingerprint density at radius 3 is 2.25 bits per heavy atom. The van der Waals surface area contributed by atoms with Gasteiger partial charge in [0.1, 0.15) is 0 Å². The van der Waals surface area contributed by atoms with Crippen molar-refractivity contribution in [1.29, 1.82) is 0 Å². The zero-order valence-electron chi connectivity index (χ0n) is 10.1. The Morgan fingerprint density at radius 2 is 1.81 bits per heavy atom. The minimum absolute atomic E-state index is 0.209. The summed E-state index contributed by atoms with van der Waals surface area (Å²) in [7, 11) is 0. The molecule has 0 spiro atoms. The minimum Gasteiger partial charge on any atom is -0.330 e. The van der Waals surface area contributed by atoms with Gasteiger partial charge in [0, 0.05) is 0 Å². The van der Waals surface area contributed by atoms with Crippen molar-refractivity contribution in [2.75, 3.05) is 6.54 Å². The summed E-state index contributed by atoms with van der Waals surface area (Å²) in [5, 5.41) is 1.22. The number of nitrogens with two attached hydrogens (primary N) is 1. The van der Waals surface area contributed by atoms with Gasteiger partial charge in [-0.05, 0) is 42.0 Å². The van der Waals surface area contributed by atoms with E-state index in [4.69, 9.17) is 28.9 Å². The van der Waals surface area contributed by atoms with Gasteiger partial charge >= 0.3 is 0 Å². The molecule has 0 saturated carbocycles. The van der Waals surface area contributed by atoms with Crippen LogP contribution in [0.25, 0.3) is 0 Å². The third-order valence-corrected chi connectivity index (χ3v) is 3.71. The van der Waals surface area contributed by atoms with Gasteiger partial charge in [0.2, 0.25) is 0 Å². The quantitative estimate of drug-likeness (QED) is 0.867. The fraction of sp³-hybridized carbons (Fsp3) is 0.538. The predicted octanol–water partition coefficient (Wildman–Crippen LogP) is 4.16. The van der Waals surface area contributed by atoms with E-state index < -0.39 is 0 Å². The molecule has 0 aliphatic rings. The highest BCUT2D eigenvalue weighted by atomic mass is 35.5. The highest BCUT2D eigenvalue weighted by molar-refractivity contribution is 6.42. The second kappa shape index (κ2) is 5.39. The van der Waals surface area contributed by atoms with Crippen LogP contribution < -0.4 is 5.73 Å². The van der Waals surface area contributed by atoms with Gasteiger partial charge in [0.05, 0.1) is 10.0 Å². The lowest BCUT2D eigenvalue weighted by molar-refractivity contribution is 0.246. The van der Waals surface area contributed by atoms with Crippen molar-refractivity contribution in [2.24, 2.45) is 17.1 Å². The molecular weight excluding hydrogens is 241 g/mol. The fourth-order valence-electron chi connectivity index (χ4n) is 1.69. The molecule has 16 heavy (non-hydrogen) atoms. The molecule has 0 heterocycles. The van der Waals surface area contributed by atoms with Gasteiger partial charge in [-0.25, -0.2) is 0 Å². The summed E-state index contributed by atoms with van der Waals surface area (Å²) in [5.41, 5.74) is 7.22. The molecule has 0 saturated heterocycles. The molecule has 1 unspecified atom stereocenters. The van der Waals surface area contributed by atoms with Crippen LogP contribution in [-0.4, -0.2) is 6.54 Å². The number of hydrogen-bond acceptors (Lipinski definition) is 1. The van der Waals surface area contributed by atoms with E-state index in [1.54, 1.807) is 0 Å². The number of benzene rings is 1. The fourth-order valence-corrected chi connectivity index (χ4v) is 2.01. The van der Waals surface area contributed by atoms with E-state index in [1.165, 1.54) is 5.56 Å². The molecule has 1 nitrogen and oxygen atoms in total. The molecule has 0 aliphatic carbocycles. The van der Waals surface area contributed by atoms with Gasteiger partial charge in [-0.15, -0.1) is 0 Å². The Balaban J connectivity index is 2.83. The van der Waals surface area contributed by atoms with Crippen LogP contribution in [0, 0.1) is 11.3 Å². The van der Waals surface area contributed by atoms with Crippen LogP contribution in [0.3, 0.4) is 0 Å². The molecule has 2 N–H and O–H groups in total. The molecule has 1 rings (SSSR count). The smallest absolute Gasteiger partial charge is 0.0595 e. The Kier molecular flexibility index (Phi) is 4.66.